The van der Waals surface area contributed by atoms with Crippen LogP contribution in [0.15, 0.2) is 18.5 Å². The first-order valence-electron chi connectivity index (χ1n) is 5.93. The normalized spacial score (nSPS) is 15.8. The van der Waals surface area contributed by atoms with Gasteiger partial charge in [-0.3, -0.25) is 9.78 Å². The van der Waals surface area contributed by atoms with Crippen molar-refractivity contribution in [2.75, 3.05) is 48.8 Å². The average Bonchev–Trinajstić information content (AvgIpc) is 2.40. The summed E-state index contributed by atoms with van der Waals surface area (Å²) in [4.78, 5) is 19.9. The summed E-state index contributed by atoms with van der Waals surface area (Å²) in [7, 11) is 0. The molecule has 18 heavy (non-hydrogen) atoms. The molecule has 0 saturated carbocycles. The van der Waals surface area contributed by atoms with Crippen molar-refractivity contribution in [3.63, 3.8) is 0 Å². The molecule has 2 heterocycles. The Morgan fingerprint density at radius 1 is 1.44 bits per heavy atom. The summed E-state index contributed by atoms with van der Waals surface area (Å²) in [5, 5.41) is 0. The molecule has 98 valence electrons. The number of thioether (sulfide) groups is 1. The first kappa shape index (κ1) is 13.0. The minimum atomic E-state index is 0.227. The molecule has 6 heteroatoms. The second-order valence-electron chi connectivity index (χ2n) is 4.24. The number of nitrogens with two attached hydrogens (primary N) is 1. The molecule has 0 spiro atoms. The maximum absolute atomic E-state index is 11.8. The number of rotatable bonds is 3. The maximum atomic E-state index is 11.8. The predicted molar refractivity (Wildman–Crippen MR) is 75.8 cm³/mol. The third-order valence-corrected chi connectivity index (χ3v) is 3.60. The van der Waals surface area contributed by atoms with Gasteiger partial charge in [-0.1, -0.05) is 0 Å². The van der Waals surface area contributed by atoms with Crippen molar-refractivity contribution >= 4 is 29.0 Å². The lowest BCUT2D eigenvalue weighted by Crippen LogP contribution is -2.49. The third kappa shape index (κ3) is 2.87. The van der Waals surface area contributed by atoms with Crippen LogP contribution in [0.25, 0.3) is 0 Å². The van der Waals surface area contributed by atoms with E-state index in [-0.39, 0.29) is 5.91 Å². The van der Waals surface area contributed by atoms with E-state index in [4.69, 9.17) is 5.73 Å². The number of pyridine rings is 1. The third-order valence-electron chi connectivity index (χ3n) is 3.07. The molecular weight excluding hydrogens is 248 g/mol. The number of anilines is 2. The highest BCUT2D eigenvalue weighted by molar-refractivity contribution is 7.99. The van der Waals surface area contributed by atoms with Crippen LogP contribution in [-0.4, -0.2) is 54.0 Å². The van der Waals surface area contributed by atoms with E-state index in [1.807, 2.05) is 17.2 Å². The Hall–Kier alpha value is -1.43. The smallest absolute Gasteiger partial charge is 0.232 e. The molecule has 5 nitrogen and oxygen atoms in total. The van der Waals surface area contributed by atoms with E-state index in [0.29, 0.717) is 11.4 Å². The molecule has 1 fully saturated rings. The fraction of sp³-hybridized carbons (Fsp3) is 0.500. The zero-order valence-electron chi connectivity index (χ0n) is 10.5. The highest BCUT2D eigenvalue weighted by atomic mass is 32.2. The molecular formula is C12H18N4OS. The Morgan fingerprint density at radius 2 is 2.17 bits per heavy atom. The molecule has 0 bridgehead atoms. The Balaban J connectivity index is 1.95. The number of amides is 1. The number of nitrogens with zero attached hydrogens (tertiary/aromatic N) is 3. The van der Waals surface area contributed by atoms with Crippen molar-refractivity contribution < 1.29 is 4.79 Å². The summed E-state index contributed by atoms with van der Waals surface area (Å²) in [6.45, 7) is 3.19. The predicted octanol–water partition coefficient (Wildman–Crippen LogP) is 0.675. The van der Waals surface area contributed by atoms with Crippen LogP contribution in [0, 0.1) is 0 Å². The molecule has 0 radical (unpaired) electrons. The number of piperazine rings is 1. The lowest BCUT2D eigenvalue weighted by atomic mass is 10.2. The van der Waals surface area contributed by atoms with Crippen LogP contribution >= 0.6 is 11.8 Å². The average molecular weight is 266 g/mol. The largest absolute Gasteiger partial charge is 0.396 e. The SMILES string of the molecule is CSCC(=O)N1CCN(c2ccncc2N)CC1. The standard InChI is InChI=1S/C12H18N4OS/c1-18-9-12(17)16-6-4-15(5-7-16)11-2-3-14-8-10(11)13/h2-3,8H,4-7,9,13H2,1H3. The van der Waals surface area contributed by atoms with E-state index in [0.717, 1.165) is 31.9 Å². The van der Waals surface area contributed by atoms with Crippen LogP contribution in [0.4, 0.5) is 11.4 Å². The molecule has 1 saturated heterocycles. The molecule has 1 aromatic heterocycles. The summed E-state index contributed by atoms with van der Waals surface area (Å²) in [5.41, 5.74) is 7.62. The van der Waals surface area contributed by atoms with Gasteiger partial charge in [0.2, 0.25) is 5.91 Å². The second-order valence-corrected chi connectivity index (χ2v) is 5.10. The van der Waals surface area contributed by atoms with E-state index in [2.05, 4.69) is 9.88 Å². The Labute approximate surface area is 111 Å². The number of nitrogen functional groups attached to an aromatic ring is 1. The molecule has 0 aromatic carbocycles. The van der Waals surface area contributed by atoms with E-state index < -0.39 is 0 Å². The first-order valence-corrected chi connectivity index (χ1v) is 7.33. The number of hydrogen-bond donors (Lipinski definition) is 1. The Bertz CT molecular complexity index is 418. The van der Waals surface area contributed by atoms with Crippen LogP contribution in [0.5, 0.6) is 0 Å². The first-order chi connectivity index (χ1) is 8.72. The molecule has 0 unspecified atom stereocenters. The van der Waals surface area contributed by atoms with Gasteiger partial charge >= 0.3 is 0 Å². The quantitative estimate of drug-likeness (QED) is 0.871. The molecule has 1 aromatic rings. The molecule has 1 aliphatic heterocycles. The molecule has 1 amide bonds. The minimum Gasteiger partial charge on any atom is -0.396 e. The number of carbonyl (C=O) groups is 1. The van der Waals surface area contributed by atoms with E-state index in [1.165, 1.54) is 0 Å². The summed E-state index contributed by atoms with van der Waals surface area (Å²) in [6, 6.07) is 1.93. The van der Waals surface area contributed by atoms with Crippen molar-refractivity contribution in [1.82, 2.24) is 9.88 Å². The Kier molecular flexibility index (Phi) is 4.30. The van der Waals surface area contributed by atoms with E-state index >= 15 is 0 Å². The van der Waals surface area contributed by atoms with Crippen molar-refractivity contribution in [3.05, 3.63) is 18.5 Å². The molecule has 2 N–H and O–H groups in total. The molecule has 0 aliphatic carbocycles. The summed E-state index contributed by atoms with van der Waals surface area (Å²) < 4.78 is 0. The zero-order chi connectivity index (χ0) is 13.0. The second kappa shape index (κ2) is 5.95. The van der Waals surface area contributed by atoms with Crippen LogP contribution in [0.2, 0.25) is 0 Å². The van der Waals surface area contributed by atoms with Crippen molar-refractivity contribution in [3.8, 4) is 0 Å². The number of carbonyl (C=O) groups excluding carboxylic acids is 1. The summed E-state index contributed by atoms with van der Waals surface area (Å²) >= 11 is 1.57. The minimum absolute atomic E-state index is 0.227. The van der Waals surface area contributed by atoms with Gasteiger partial charge in [0, 0.05) is 32.4 Å². The van der Waals surface area contributed by atoms with E-state index in [9.17, 15) is 4.79 Å². The molecule has 1 aliphatic rings. The fourth-order valence-corrected chi connectivity index (χ4v) is 2.53. The number of aromatic nitrogens is 1. The molecule has 2 rings (SSSR count). The summed E-state index contributed by atoms with van der Waals surface area (Å²) in [5.74, 6) is 0.794. The van der Waals surface area contributed by atoms with Crippen molar-refractivity contribution in [2.45, 2.75) is 0 Å². The van der Waals surface area contributed by atoms with Gasteiger partial charge in [-0.15, -0.1) is 0 Å². The van der Waals surface area contributed by atoms with Gasteiger partial charge < -0.3 is 15.5 Å². The van der Waals surface area contributed by atoms with Gasteiger partial charge in [0.15, 0.2) is 0 Å². The number of hydrogen-bond acceptors (Lipinski definition) is 5. The van der Waals surface area contributed by atoms with Gasteiger partial charge in [0.1, 0.15) is 0 Å². The zero-order valence-corrected chi connectivity index (χ0v) is 11.3. The van der Waals surface area contributed by atoms with Crippen molar-refractivity contribution in [1.29, 1.82) is 0 Å². The highest BCUT2D eigenvalue weighted by Gasteiger charge is 2.21. The summed E-state index contributed by atoms with van der Waals surface area (Å²) in [6.07, 6.45) is 5.36. The van der Waals surface area contributed by atoms with Gasteiger partial charge in [0.25, 0.3) is 0 Å². The van der Waals surface area contributed by atoms with Crippen molar-refractivity contribution in [2.24, 2.45) is 0 Å². The maximum Gasteiger partial charge on any atom is 0.232 e. The van der Waals surface area contributed by atoms with Gasteiger partial charge in [-0.2, -0.15) is 11.8 Å². The van der Waals surface area contributed by atoms with Gasteiger partial charge in [-0.25, -0.2) is 0 Å². The lowest BCUT2D eigenvalue weighted by Gasteiger charge is -2.36. The van der Waals surface area contributed by atoms with E-state index in [1.54, 1.807) is 24.2 Å². The van der Waals surface area contributed by atoms with Crippen LogP contribution < -0.4 is 10.6 Å². The highest BCUT2D eigenvalue weighted by Crippen LogP contribution is 2.22. The topological polar surface area (TPSA) is 62.5 Å². The van der Waals surface area contributed by atoms with Gasteiger partial charge in [0.05, 0.1) is 23.3 Å². The lowest BCUT2D eigenvalue weighted by molar-refractivity contribution is -0.128. The van der Waals surface area contributed by atoms with Crippen LogP contribution in [0.3, 0.4) is 0 Å². The van der Waals surface area contributed by atoms with Crippen LogP contribution in [0.1, 0.15) is 0 Å². The van der Waals surface area contributed by atoms with Crippen LogP contribution in [-0.2, 0) is 4.79 Å². The van der Waals surface area contributed by atoms with Gasteiger partial charge in [-0.05, 0) is 12.3 Å². The monoisotopic (exact) mass is 266 g/mol. The molecule has 0 atom stereocenters. The Morgan fingerprint density at radius 3 is 2.78 bits per heavy atom. The fourth-order valence-electron chi connectivity index (χ4n) is 2.10.